The Morgan fingerprint density at radius 2 is 2.11 bits per heavy atom. The van der Waals surface area contributed by atoms with Crippen LogP contribution < -0.4 is 11.1 Å². The molecule has 3 N–H and O–H groups in total. The van der Waals surface area contributed by atoms with E-state index in [1.165, 1.54) is 0 Å². The first-order chi connectivity index (χ1) is 8.86. The number of amides is 1. The first-order valence-electron chi connectivity index (χ1n) is 6.44. The van der Waals surface area contributed by atoms with Gasteiger partial charge in [0.2, 0.25) is 5.91 Å². The number of carbonyl (C=O) groups excluding carboxylic acids is 1. The number of nitrogens with one attached hydrogen (secondary N) is 1. The van der Waals surface area contributed by atoms with Crippen molar-refractivity contribution in [2.24, 2.45) is 0 Å². The number of nitrogens with zero attached hydrogens (tertiary/aromatic N) is 1. The number of carbonyl (C=O) groups is 1. The van der Waals surface area contributed by atoms with E-state index in [1.807, 2.05) is 14.0 Å². The second kappa shape index (κ2) is 6.78. The molecule has 1 aromatic carbocycles. The van der Waals surface area contributed by atoms with Gasteiger partial charge in [0.15, 0.2) is 0 Å². The highest BCUT2D eigenvalue weighted by atomic mass is 35.5. The molecule has 2 atom stereocenters. The summed E-state index contributed by atoms with van der Waals surface area (Å²) >= 11 is 5.84. The number of anilines is 2. The molecule has 0 heterocycles. The number of hydrogen-bond acceptors (Lipinski definition) is 3. The fourth-order valence-electron chi connectivity index (χ4n) is 1.72. The van der Waals surface area contributed by atoms with Crippen LogP contribution in [0.1, 0.15) is 27.2 Å². The number of hydrogen-bond donors (Lipinski definition) is 2. The van der Waals surface area contributed by atoms with Gasteiger partial charge in [-0.2, -0.15) is 0 Å². The topological polar surface area (TPSA) is 58.4 Å². The van der Waals surface area contributed by atoms with Gasteiger partial charge in [0.1, 0.15) is 0 Å². The summed E-state index contributed by atoms with van der Waals surface area (Å²) in [6, 6.07) is 5.24. The van der Waals surface area contributed by atoms with E-state index in [0.29, 0.717) is 22.4 Å². The zero-order valence-corrected chi connectivity index (χ0v) is 12.7. The van der Waals surface area contributed by atoms with E-state index < -0.39 is 0 Å². The quantitative estimate of drug-likeness (QED) is 0.817. The van der Waals surface area contributed by atoms with Crippen LogP contribution in [0.2, 0.25) is 5.02 Å². The molecule has 19 heavy (non-hydrogen) atoms. The van der Waals surface area contributed by atoms with Crippen molar-refractivity contribution >= 4 is 28.9 Å². The lowest BCUT2D eigenvalue weighted by Crippen LogP contribution is -2.44. The first kappa shape index (κ1) is 15.8. The number of halogens is 1. The minimum Gasteiger partial charge on any atom is -0.397 e. The van der Waals surface area contributed by atoms with Crippen LogP contribution >= 0.6 is 11.6 Å². The van der Waals surface area contributed by atoms with E-state index in [1.54, 1.807) is 18.2 Å². The minimum atomic E-state index is -0.202. The Hall–Kier alpha value is -1.26. The van der Waals surface area contributed by atoms with Crippen molar-refractivity contribution in [3.8, 4) is 0 Å². The Morgan fingerprint density at radius 1 is 1.47 bits per heavy atom. The Labute approximate surface area is 119 Å². The number of rotatable bonds is 5. The smallest absolute Gasteiger partial charge is 0.241 e. The zero-order chi connectivity index (χ0) is 14.6. The third-order valence-corrected chi connectivity index (χ3v) is 3.88. The van der Waals surface area contributed by atoms with Gasteiger partial charge in [-0.05, 0) is 45.5 Å². The van der Waals surface area contributed by atoms with Gasteiger partial charge >= 0.3 is 0 Å². The molecule has 0 aliphatic carbocycles. The lowest BCUT2D eigenvalue weighted by atomic mass is 10.1. The molecule has 106 valence electrons. The maximum atomic E-state index is 12.1. The van der Waals surface area contributed by atoms with Crippen LogP contribution in [-0.4, -0.2) is 29.9 Å². The van der Waals surface area contributed by atoms with Crippen molar-refractivity contribution in [1.29, 1.82) is 0 Å². The van der Waals surface area contributed by atoms with Crippen molar-refractivity contribution < 1.29 is 4.79 Å². The van der Waals surface area contributed by atoms with Gasteiger partial charge in [-0.15, -0.1) is 0 Å². The number of nitrogen functional groups attached to an aromatic ring is 1. The predicted molar refractivity (Wildman–Crippen MR) is 81.5 cm³/mol. The molecule has 2 unspecified atom stereocenters. The molecule has 0 saturated carbocycles. The van der Waals surface area contributed by atoms with Crippen LogP contribution in [0.5, 0.6) is 0 Å². The predicted octanol–water partition coefficient (Wildman–Crippen LogP) is 2.98. The average molecular weight is 284 g/mol. The van der Waals surface area contributed by atoms with Gasteiger partial charge in [-0.3, -0.25) is 9.69 Å². The van der Waals surface area contributed by atoms with Crippen LogP contribution in [0.3, 0.4) is 0 Å². The molecule has 1 aromatic rings. The molecule has 0 aliphatic heterocycles. The molecular weight excluding hydrogens is 262 g/mol. The molecule has 0 fully saturated rings. The van der Waals surface area contributed by atoms with Crippen molar-refractivity contribution in [3.05, 3.63) is 23.2 Å². The SMILES string of the molecule is CCC(C)N(C)C(C)C(=O)Nc1ccc(Cl)c(N)c1. The molecule has 0 saturated heterocycles. The Balaban J connectivity index is 2.71. The van der Waals surface area contributed by atoms with Gasteiger partial charge in [0, 0.05) is 11.7 Å². The zero-order valence-electron chi connectivity index (χ0n) is 11.9. The monoisotopic (exact) mass is 283 g/mol. The molecule has 0 bridgehead atoms. The van der Waals surface area contributed by atoms with Gasteiger partial charge < -0.3 is 11.1 Å². The Bertz CT molecular complexity index is 450. The summed E-state index contributed by atoms with van der Waals surface area (Å²) in [5.74, 6) is -0.0514. The fraction of sp³-hybridized carbons (Fsp3) is 0.500. The van der Waals surface area contributed by atoms with Gasteiger partial charge in [-0.25, -0.2) is 0 Å². The number of likely N-dealkylation sites (N-methyl/N-ethyl adjacent to an activating group) is 1. The fourth-order valence-corrected chi connectivity index (χ4v) is 1.84. The van der Waals surface area contributed by atoms with Gasteiger partial charge in [0.05, 0.1) is 16.8 Å². The average Bonchev–Trinajstić information content (AvgIpc) is 2.40. The van der Waals surface area contributed by atoms with E-state index >= 15 is 0 Å². The molecule has 0 aliphatic rings. The summed E-state index contributed by atoms with van der Waals surface area (Å²) in [6.07, 6.45) is 1.00. The van der Waals surface area contributed by atoms with Crippen LogP contribution in [-0.2, 0) is 4.79 Å². The second-order valence-corrected chi connectivity index (χ2v) is 5.23. The summed E-state index contributed by atoms with van der Waals surface area (Å²) in [4.78, 5) is 14.2. The number of nitrogens with two attached hydrogens (primary N) is 1. The standard InChI is InChI=1S/C14H22ClN3O/c1-5-9(2)18(4)10(3)14(19)17-11-6-7-12(15)13(16)8-11/h6-10H,5,16H2,1-4H3,(H,17,19). The van der Waals surface area contributed by atoms with E-state index in [-0.39, 0.29) is 11.9 Å². The highest BCUT2D eigenvalue weighted by Crippen LogP contribution is 2.22. The molecule has 5 heteroatoms. The third kappa shape index (κ3) is 4.11. The summed E-state index contributed by atoms with van der Waals surface area (Å²) in [7, 11) is 1.95. The molecule has 4 nitrogen and oxygen atoms in total. The molecule has 1 amide bonds. The van der Waals surface area contributed by atoms with E-state index in [0.717, 1.165) is 6.42 Å². The maximum Gasteiger partial charge on any atom is 0.241 e. The summed E-state index contributed by atoms with van der Waals surface area (Å²) < 4.78 is 0. The molecule has 1 rings (SSSR count). The van der Waals surface area contributed by atoms with Crippen LogP contribution in [0.25, 0.3) is 0 Å². The normalized spacial score (nSPS) is 14.2. The lowest BCUT2D eigenvalue weighted by molar-refractivity contribution is -0.120. The summed E-state index contributed by atoms with van der Waals surface area (Å²) in [5.41, 5.74) is 6.83. The van der Waals surface area contributed by atoms with Gasteiger partial charge in [0.25, 0.3) is 0 Å². The van der Waals surface area contributed by atoms with E-state index in [2.05, 4.69) is 24.1 Å². The molecule has 0 radical (unpaired) electrons. The van der Waals surface area contributed by atoms with E-state index in [9.17, 15) is 4.79 Å². The van der Waals surface area contributed by atoms with Crippen LogP contribution in [0.4, 0.5) is 11.4 Å². The van der Waals surface area contributed by atoms with Crippen molar-refractivity contribution in [2.45, 2.75) is 39.3 Å². The highest BCUT2D eigenvalue weighted by molar-refractivity contribution is 6.33. The Morgan fingerprint density at radius 3 is 2.63 bits per heavy atom. The van der Waals surface area contributed by atoms with Crippen molar-refractivity contribution in [1.82, 2.24) is 4.90 Å². The molecule has 0 spiro atoms. The molecule has 0 aromatic heterocycles. The van der Waals surface area contributed by atoms with Gasteiger partial charge in [-0.1, -0.05) is 18.5 Å². The second-order valence-electron chi connectivity index (χ2n) is 4.82. The summed E-state index contributed by atoms with van der Waals surface area (Å²) in [5, 5.41) is 3.34. The minimum absolute atomic E-state index is 0.0514. The van der Waals surface area contributed by atoms with E-state index in [4.69, 9.17) is 17.3 Å². The van der Waals surface area contributed by atoms with Crippen LogP contribution in [0, 0.1) is 0 Å². The third-order valence-electron chi connectivity index (χ3n) is 3.54. The lowest BCUT2D eigenvalue weighted by Gasteiger charge is -2.29. The highest BCUT2D eigenvalue weighted by Gasteiger charge is 2.21. The first-order valence-corrected chi connectivity index (χ1v) is 6.82. The van der Waals surface area contributed by atoms with Crippen LogP contribution in [0.15, 0.2) is 18.2 Å². The number of benzene rings is 1. The van der Waals surface area contributed by atoms with Crippen molar-refractivity contribution in [3.63, 3.8) is 0 Å². The largest absolute Gasteiger partial charge is 0.397 e. The summed E-state index contributed by atoms with van der Waals surface area (Å²) in [6.45, 7) is 6.09. The molecular formula is C14H22ClN3O. The Kier molecular flexibility index (Phi) is 5.63. The maximum absolute atomic E-state index is 12.1. The van der Waals surface area contributed by atoms with Crippen molar-refractivity contribution in [2.75, 3.05) is 18.1 Å².